The van der Waals surface area contributed by atoms with Crippen LogP contribution in [0.5, 0.6) is 0 Å². The smallest absolute Gasteiger partial charge is 0.306 e. The fourth-order valence-corrected chi connectivity index (χ4v) is 4.94. The SMILES string of the molecule is CCCCCCCCCCCC(=O)OC(COC(C)=O)COC1OC(COC2OC(CO)C(O)C(O)C2O)C(O)C(O)C1O. The molecule has 0 radical (unpaired) electrons. The number of carbonyl (C=O) groups is 2. The third kappa shape index (κ3) is 12.7. The van der Waals surface area contributed by atoms with Gasteiger partial charge in [-0.2, -0.15) is 0 Å². The molecule has 2 rings (SSSR count). The van der Waals surface area contributed by atoms with Crippen LogP contribution in [0.3, 0.4) is 0 Å². The van der Waals surface area contributed by atoms with Gasteiger partial charge in [0.1, 0.15) is 55.4 Å². The maximum Gasteiger partial charge on any atom is 0.306 e. The number of hydrogen-bond donors (Lipinski definition) is 7. The Balaban J connectivity index is 1.86. The van der Waals surface area contributed by atoms with Gasteiger partial charge in [0.15, 0.2) is 18.7 Å². The van der Waals surface area contributed by atoms with E-state index in [0.29, 0.717) is 6.42 Å². The second-order valence-electron chi connectivity index (χ2n) is 11.4. The van der Waals surface area contributed by atoms with Crippen molar-refractivity contribution >= 4 is 11.9 Å². The number of unbranched alkanes of at least 4 members (excludes halogenated alkanes) is 8. The average Bonchev–Trinajstić information content (AvgIpc) is 3.00. The molecule has 11 atom stereocenters. The van der Waals surface area contributed by atoms with E-state index >= 15 is 0 Å². The van der Waals surface area contributed by atoms with Gasteiger partial charge in [-0.1, -0.05) is 58.3 Å². The molecular formula is C29H52O15. The van der Waals surface area contributed by atoms with E-state index < -0.39 is 92.7 Å². The van der Waals surface area contributed by atoms with Crippen molar-refractivity contribution < 1.29 is 73.8 Å². The first kappa shape index (κ1) is 38.7. The Labute approximate surface area is 258 Å². The lowest BCUT2D eigenvalue weighted by Crippen LogP contribution is -2.61. The summed E-state index contributed by atoms with van der Waals surface area (Å²) in [6, 6.07) is 0. The van der Waals surface area contributed by atoms with Crippen molar-refractivity contribution in [1.82, 2.24) is 0 Å². The van der Waals surface area contributed by atoms with Crippen LogP contribution in [-0.4, -0.2) is 142 Å². The van der Waals surface area contributed by atoms with Crippen molar-refractivity contribution in [2.75, 3.05) is 26.4 Å². The van der Waals surface area contributed by atoms with Crippen LogP contribution in [0.2, 0.25) is 0 Å². The molecule has 0 bridgehead atoms. The van der Waals surface area contributed by atoms with E-state index in [2.05, 4.69) is 6.92 Å². The van der Waals surface area contributed by atoms with Gasteiger partial charge in [0, 0.05) is 13.3 Å². The van der Waals surface area contributed by atoms with Gasteiger partial charge in [-0.15, -0.1) is 0 Å². The zero-order valence-corrected chi connectivity index (χ0v) is 25.6. The normalized spacial score (nSPS) is 33.1. The van der Waals surface area contributed by atoms with Crippen LogP contribution < -0.4 is 0 Å². The lowest BCUT2D eigenvalue weighted by Gasteiger charge is -2.42. The van der Waals surface area contributed by atoms with E-state index in [-0.39, 0.29) is 19.6 Å². The first-order valence-corrected chi connectivity index (χ1v) is 15.6. The topological polar surface area (TPSA) is 231 Å². The molecule has 2 fully saturated rings. The van der Waals surface area contributed by atoms with Gasteiger partial charge in [0.05, 0.1) is 19.8 Å². The fourth-order valence-electron chi connectivity index (χ4n) is 4.94. The zero-order valence-electron chi connectivity index (χ0n) is 25.6. The Hall–Kier alpha value is -1.50. The second kappa shape index (κ2) is 20.6. The van der Waals surface area contributed by atoms with E-state index in [1.807, 2.05) is 0 Å². The first-order chi connectivity index (χ1) is 21.0. The molecule has 0 aromatic carbocycles. The minimum Gasteiger partial charge on any atom is -0.462 e. The number of ether oxygens (including phenoxy) is 6. The fraction of sp³-hybridized carbons (Fsp3) is 0.931. The Bertz CT molecular complexity index is 814. The number of carbonyl (C=O) groups excluding carboxylic acids is 2. The highest BCUT2D eigenvalue weighted by Crippen LogP contribution is 2.26. The van der Waals surface area contributed by atoms with Crippen molar-refractivity contribution in [2.45, 2.75) is 146 Å². The molecular weight excluding hydrogens is 588 g/mol. The summed E-state index contributed by atoms with van der Waals surface area (Å²) < 4.78 is 32.2. The number of aliphatic hydroxyl groups is 7. The second-order valence-corrected chi connectivity index (χ2v) is 11.4. The minimum absolute atomic E-state index is 0.164. The molecule has 11 unspecified atom stereocenters. The zero-order chi connectivity index (χ0) is 32.6. The Morgan fingerprint density at radius 2 is 1.20 bits per heavy atom. The summed E-state index contributed by atoms with van der Waals surface area (Å²) in [5.74, 6) is -1.12. The molecule has 0 saturated carbocycles. The molecule has 258 valence electrons. The summed E-state index contributed by atoms with van der Waals surface area (Å²) in [5.41, 5.74) is 0. The van der Waals surface area contributed by atoms with Crippen molar-refractivity contribution in [3.05, 3.63) is 0 Å². The highest BCUT2D eigenvalue weighted by molar-refractivity contribution is 5.69. The lowest BCUT2D eigenvalue weighted by atomic mass is 9.98. The molecule has 0 aromatic rings. The van der Waals surface area contributed by atoms with Crippen LogP contribution in [0.1, 0.15) is 78.1 Å². The van der Waals surface area contributed by atoms with Crippen LogP contribution in [0.15, 0.2) is 0 Å². The molecule has 7 N–H and O–H groups in total. The van der Waals surface area contributed by atoms with Crippen molar-refractivity contribution in [3.8, 4) is 0 Å². The molecule has 15 nitrogen and oxygen atoms in total. The predicted octanol–water partition coefficient (Wildman–Crippen LogP) is -0.977. The van der Waals surface area contributed by atoms with Gasteiger partial charge < -0.3 is 64.2 Å². The van der Waals surface area contributed by atoms with Gasteiger partial charge in [0.25, 0.3) is 0 Å². The maximum atomic E-state index is 12.4. The molecule has 15 heteroatoms. The quantitative estimate of drug-likeness (QED) is 0.0626. The molecule has 2 aliphatic heterocycles. The first-order valence-electron chi connectivity index (χ1n) is 15.6. The van der Waals surface area contributed by atoms with E-state index in [9.17, 15) is 45.3 Å². The van der Waals surface area contributed by atoms with Crippen molar-refractivity contribution in [3.63, 3.8) is 0 Å². The summed E-state index contributed by atoms with van der Waals surface area (Å²) in [5, 5.41) is 70.6. The van der Waals surface area contributed by atoms with Gasteiger partial charge in [0.2, 0.25) is 0 Å². The monoisotopic (exact) mass is 640 g/mol. The lowest BCUT2D eigenvalue weighted by molar-refractivity contribution is -0.332. The summed E-state index contributed by atoms with van der Waals surface area (Å²) in [6.45, 7) is 1.45. The third-order valence-electron chi connectivity index (χ3n) is 7.64. The molecule has 0 aromatic heterocycles. The maximum absolute atomic E-state index is 12.4. The van der Waals surface area contributed by atoms with Gasteiger partial charge in [-0.25, -0.2) is 0 Å². The minimum atomic E-state index is -1.75. The van der Waals surface area contributed by atoms with Crippen molar-refractivity contribution in [2.24, 2.45) is 0 Å². The molecule has 2 saturated heterocycles. The van der Waals surface area contributed by atoms with E-state index in [4.69, 9.17) is 28.4 Å². The number of esters is 2. The van der Waals surface area contributed by atoms with Gasteiger partial charge in [-0.3, -0.25) is 9.59 Å². The van der Waals surface area contributed by atoms with E-state index in [1.54, 1.807) is 0 Å². The van der Waals surface area contributed by atoms with E-state index in [1.165, 1.54) is 39.0 Å². The molecule has 2 aliphatic rings. The highest BCUT2D eigenvalue weighted by atomic mass is 16.7. The van der Waals surface area contributed by atoms with Gasteiger partial charge in [-0.05, 0) is 6.42 Å². The van der Waals surface area contributed by atoms with Crippen LogP contribution in [0.25, 0.3) is 0 Å². The summed E-state index contributed by atoms with van der Waals surface area (Å²) in [7, 11) is 0. The predicted molar refractivity (Wildman–Crippen MR) is 151 cm³/mol. The average molecular weight is 641 g/mol. The van der Waals surface area contributed by atoms with Crippen LogP contribution in [0, 0.1) is 0 Å². The van der Waals surface area contributed by atoms with Crippen LogP contribution >= 0.6 is 0 Å². The number of rotatable bonds is 20. The summed E-state index contributed by atoms with van der Waals surface area (Å²) in [4.78, 5) is 23.8. The standard InChI is InChI=1S/C29H52O15/c1-3-4-5-6-7-8-9-10-11-12-21(32)42-18(14-39-17(2)31)15-40-28-27(38)25(36)23(34)20(44-28)16-41-29-26(37)24(35)22(33)19(13-30)43-29/h18-20,22-30,33-38H,3-16H2,1-2H3. The number of aliphatic hydroxyl groups excluding tert-OH is 7. The third-order valence-corrected chi connectivity index (χ3v) is 7.64. The Morgan fingerprint density at radius 3 is 1.77 bits per heavy atom. The van der Waals surface area contributed by atoms with Crippen LogP contribution in [-0.2, 0) is 38.0 Å². The molecule has 44 heavy (non-hydrogen) atoms. The number of hydrogen-bond acceptors (Lipinski definition) is 15. The molecule has 0 spiro atoms. The highest BCUT2D eigenvalue weighted by Gasteiger charge is 2.47. The molecule has 0 aliphatic carbocycles. The Kier molecular flexibility index (Phi) is 18.1. The largest absolute Gasteiger partial charge is 0.462 e. The van der Waals surface area contributed by atoms with Gasteiger partial charge >= 0.3 is 11.9 Å². The summed E-state index contributed by atoms with van der Waals surface area (Å²) >= 11 is 0. The van der Waals surface area contributed by atoms with Crippen LogP contribution in [0.4, 0.5) is 0 Å². The van der Waals surface area contributed by atoms with Crippen molar-refractivity contribution in [1.29, 1.82) is 0 Å². The summed E-state index contributed by atoms with van der Waals surface area (Å²) in [6.07, 6.45) is -6.89. The Morgan fingerprint density at radius 1 is 0.682 bits per heavy atom. The van der Waals surface area contributed by atoms with E-state index in [0.717, 1.165) is 19.3 Å². The molecule has 2 heterocycles. The molecule has 0 amide bonds.